The Morgan fingerprint density at radius 1 is 1.12 bits per heavy atom. The van der Waals surface area contributed by atoms with Crippen molar-refractivity contribution in [3.63, 3.8) is 0 Å². The Morgan fingerprint density at radius 2 is 1.96 bits per heavy atom. The molecular weight excluding hydrogens is 330 g/mol. The first-order valence-corrected chi connectivity index (χ1v) is 7.88. The summed E-state index contributed by atoms with van der Waals surface area (Å²) in [6.07, 6.45) is 8.29. The van der Waals surface area contributed by atoms with E-state index >= 15 is 0 Å². The van der Waals surface area contributed by atoms with Crippen LogP contribution in [0.1, 0.15) is 5.56 Å². The number of pyridine rings is 1. The molecule has 26 heavy (non-hydrogen) atoms. The number of hydrogen-bond acceptors (Lipinski definition) is 7. The lowest BCUT2D eigenvalue weighted by Gasteiger charge is -2.08. The fourth-order valence-corrected chi connectivity index (χ4v) is 2.53. The summed E-state index contributed by atoms with van der Waals surface area (Å²) in [5, 5.41) is 9.41. The Kier molecular flexibility index (Phi) is 4.21. The number of rotatable bonds is 5. The van der Waals surface area contributed by atoms with Gasteiger partial charge in [-0.15, -0.1) is 0 Å². The van der Waals surface area contributed by atoms with Gasteiger partial charge in [0, 0.05) is 12.4 Å². The van der Waals surface area contributed by atoms with Gasteiger partial charge >= 0.3 is 0 Å². The van der Waals surface area contributed by atoms with Crippen molar-refractivity contribution >= 4 is 23.1 Å². The van der Waals surface area contributed by atoms with Crippen molar-refractivity contribution in [2.75, 3.05) is 12.5 Å². The van der Waals surface area contributed by atoms with Gasteiger partial charge in [0.25, 0.3) is 0 Å². The first-order valence-electron chi connectivity index (χ1n) is 7.88. The quantitative estimate of drug-likeness (QED) is 0.442. The second-order valence-corrected chi connectivity index (χ2v) is 5.34. The zero-order chi connectivity index (χ0) is 17.8. The van der Waals surface area contributed by atoms with Crippen LogP contribution in [0.25, 0.3) is 16.7 Å². The third kappa shape index (κ3) is 2.95. The van der Waals surface area contributed by atoms with Gasteiger partial charge in [-0.1, -0.05) is 12.1 Å². The number of ether oxygens (including phenoxy) is 1. The molecule has 4 aromatic rings. The van der Waals surface area contributed by atoms with E-state index < -0.39 is 0 Å². The highest BCUT2D eigenvalue weighted by molar-refractivity contribution is 5.88. The summed E-state index contributed by atoms with van der Waals surface area (Å²) < 4.78 is 7.13. The number of anilines is 1. The largest absolute Gasteiger partial charge is 0.494 e. The molecule has 0 unspecified atom stereocenters. The number of benzene rings is 1. The van der Waals surface area contributed by atoms with E-state index in [1.54, 1.807) is 36.6 Å². The molecule has 1 aromatic carbocycles. The van der Waals surface area contributed by atoms with Gasteiger partial charge in [0.15, 0.2) is 11.5 Å². The number of aromatic nitrogens is 5. The standard InChI is InChI=1S/C18H15N7O/c1-26-16-5-3-2-4-15(16)25-18-14(11-23-25)17(20-12-21-18)24-22-10-13-6-8-19-9-7-13/h2-12H,1H3,(H,20,21,24). The smallest absolute Gasteiger partial charge is 0.168 e. The van der Waals surface area contributed by atoms with Crippen molar-refractivity contribution in [1.82, 2.24) is 24.7 Å². The predicted octanol–water partition coefficient (Wildman–Crippen LogP) is 2.67. The van der Waals surface area contributed by atoms with Gasteiger partial charge in [0.1, 0.15) is 17.8 Å². The van der Waals surface area contributed by atoms with Crippen LogP contribution in [0.2, 0.25) is 0 Å². The molecule has 4 rings (SSSR count). The van der Waals surface area contributed by atoms with E-state index in [1.165, 1.54) is 6.33 Å². The molecule has 0 atom stereocenters. The third-order valence-electron chi connectivity index (χ3n) is 3.77. The van der Waals surface area contributed by atoms with Crippen LogP contribution in [-0.4, -0.2) is 38.1 Å². The molecule has 0 saturated heterocycles. The second-order valence-electron chi connectivity index (χ2n) is 5.34. The molecule has 0 saturated carbocycles. The maximum absolute atomic E-state index is 5.41. The summed E-state index contributed by atoms with van der Waals surface area (Å²) in [6, 6.07) is 11.3. The van der Waals surface area contributed by atoms with Crippen LogP contribution in [0.5, 0.6) is 5.75 Å². The van der Waals surface area contributed by atoms with Crippen molar-refractivity contribution in [3.05, 3.63) is 66.9 Å². The topological polar surface area (TPSA) is 90.1 Å². The Labute approximate surface area is 149 Å². The Bertz CT molecular complexity index is 1060. The summed E-state index contributed by atoms with van der Waals surface area (Å²) in [6.45, 7) is 0. The van der Waals surface area contributed by atoms with Crippen molar-refractivity contribution in [3.8, 4) is 11.4 Å². The van der Waals surface area contributed by atoms with E-state index in [-0.39, 0.29) is 0 Å². The van der Waals surface area contributed by atoms with E-state index in [1.807, 2.05) is 36.4 Å². The molecule has 3 heterocycles. The normalized spacial score (nSPS) is 11.1. The molecule has 1 N–H and O–H groups in total. The minimum atomic E-state index is 0.571. The van der Waals surface area contributed by atoms with E-state index in [0.717, 1.165) is 16.6 Å². The molecule has 0 fully saturated rings. The van der Waals surface area contributed by atoms with Gasteiger partial charge < -0.3 is 4.74 Å². The zero-order valence-electron chi connectivity index (χ0n) is 13.9. The number of fused-ring (bicyclic) bond motifs is 1. The molecule has 0 aliphatic rings. The van der Waals surface area contributed by atoms with Crippen LogP contribution in [0.4, 0.5) is 5.82 Å². The average Bonchev–Trinajstić information content (AvgIpc) is 3.13. The predicted molar refractivity (Wildman–Crippen MR) is 98.7 cm³/mol. The van der Waals surface area contributed by atoms with Crippen LogP contribution >= 0.6 is 0 Å². The van der Waals surface area contributed by atoms with Gasteiger partial charge in [-0.05, 0) is 29.8 Å². The molecule has 0 aliphatic carbocycles. The first kappa shape index (κ1) is 15.7. The fraction of sp³-hybridized carbons (Fsp3) is 0.0556. The average molecular weight is 345 g/mol. The minimum Gasteiger partial charge on any atom is -0.494 e. The first-order chi connectivity index (χ1) is 12.9. The van der Waals surface area contributed by atoms with Crippen molar-refractivity contribution in [2.45, 2.75) is 0 Å². The van der Waals surface area contributed by atoms with E-state index in [2.05, 4.69) is 30.6 Å². The van der Waals surface area contributed by atoms with Crippen LogP contribution in [-0.2, 0) is 0 Å². The second kappa shape index (κ2) is 6.98. The van der Waals surface area contributed by atoms with Gasteiger partial charge in [-0.2, -0.15) is 10.2 Å². The lowest BCUT2D eigenvalue weighted by Crippen LogP contribution is -2.01. The summed E-state index contributed by atoms with van der Waals surface area (Å²) in [4.78, 5) is 12.6. The molecule has 8 nitrogen and oxygen atoms in total. The maximum atomic E-state index is 5.41. The molecule has 0 amide bonds. The van der Waals surface area contributed by atoms with E-state index in [0.29, 0.717) is 17.2 Å². The highest BCUT2D eigenvalue weighted by Gasteiger charge is 2.13. The maximum Gasteiger partial charge on any atom is 0.168 e. The number of hydrazone groups is 1. The van der Waals surface area contributed by atoms with E-state index in [9.17, 15) is 0 Å². The van der Waals surface area contributed by atoms with Gasteiger partial charge in [0.05, 0.1) is 24.9 Å². The Balaban J connectivity index is 1.68. The number of para-hydroxylation sites is 2. The van der Waals surface area contributed by atoms with Crippen molar-refractivity contribution < 1.29 is 4.74 Å². The summed E-state index contributed by atoms with van der Waals surface area (Å²) in [7, 11) is 1.63. The van der Waals surface area contributed by atoms with Crippen LogP contribution in [0.15, 0.2) is 66.4 Å². The number of nitrogens with zero attached hydrogens (tertiary/aromatic N) is 6. The minimum absolute atomic E-state index is 0.571. The molecule has 0 radical (unpaired) electrons. The molecular formula is C18H15N7O. The molecule has 0 spiro atoms. The highest BCUT2D eigenvalue weighted by atomic mass is 16.5. The lowest BCUT2D eigenvalue weighted by molar-refractivity contribution is 0.412. The van der Waals surface area contributed by atoms with Crippen LogP contribution < -0.4 is 10.2 Å². The molecule has 128 valence electrons. The summed E-state index contributed by atoms with van der Waals surface area (Å²) in [5.41, 5.74) is 5.34. The number of hydrogen-bond donors (Lipinski definition) is 1. The van der Waals surface area contributed by atoms with Gasteiger partial charge in [0.2, 0.25) is 0 Å². The van der Waals surface area contributed by atoms with Gasteiger partial charge in [-0.3, -0.25) is 10.4 Å². The summed E-state index contributed by atoms with van der Waals surface area (Å²) in [5.74, 6) is 1.28. The third-order valence-corrected chi connectivity index (χ3v) is 3.77. The SMILES string of the molecule is COc1ccccc1-n1ncc2c(NN=Cc3ccncc3)ncnc21. The van der Waals surface area contributed by atoms with Crippen LogP contribution in [0.3, 0.4) is 0 Å². The highest BCUT2D eigenvalue weighted by Crippen LogP contribution is 2.26. The molecule has 0 aliphatic heterocycles. The van der Waals surface area contributed by atoms with E-state index in [4.69, 9.17) is 4.74 Å². The zero-order valence-corrected chi connectivity index (χ0v) is 13.9. The lowest BCUT2D eigenvalue weighted by atomic mass is 10.3. The van der Waals surface area contributed by atoms with Gasteiger partial charge in [-0.25, -0.2) is 14.6 Å². The molecule has 3 aromatic heterocycles. The van der Waals surface area contributed by atoms with Crippen LogP contribution in [0, 0.1) is 0 Å². The van der Waals surface area contributed by atoms with Crippen molar-refractivity contribution in [1.29, 1.82) is 0 Å². The number of methoxy groups -OCH3 is 1. The fourth-order valence-electron chi connectivity index (χ4n) is 2.53. The Hall–Kier alpha value is -3.81. The number of nitrogens with one attached hydrogen (secondary N) is 1. The molecule has 0 bridgehead atoms. The summed E-state index contributed by atoms with van der Waals surface area (Å²) >= 11 is 0. The molecule has 8 heteroatoms. The van der Waals surface area contributed by atoms with Crippen molar-refractivity contribution in [2.24, 2.45) is 5.10 Å². The monoisotopic (exact) mass is 345 g/mol. The Morgan fingerprint density at radius 3 is 2.81 bits per heavy atom.